The predicted octanol–water partition coefficient (Wildman–Crippen LogP) is 2.67. The second kappa shape index (κ2) is 9.80. The molecule has 0 spiro atoms. The molecule has 0 radical (unpaired) electrons. The van der Waals surface area contributed by atoms with Gasteiger partial charge >= 0.3 is 41.0 Å². The first-order valence-corrected chi connectivity index (χ1v) is 10.3. The van der Waals surface area contributed by atoms with Crippen LogP contribution in [0.5, 0.6) is 0 Å². The summed E-state index contributed by atoms with van der Waals surface area (Å²) in [6, 6.07) is 0. The lowest BCUT2D eigenvalue weighted by molar-refractivity contribution is -0.893. The molecule has 3 N–H and O–H groups in total. The average Bonchev–Trinajstić information content (AvgIpc) is 2.64. The molecule has 1 atom stereocenters. The van der Waals surface area contributed by atoms with E-state index in [0.717, 1.165) is 0 Å². The predicted molar refractivity (Wildman–Crippen MR) is 87.6 cm³/mol. The normalized spacial score (nSPS) is 16.9. The standard InChI is InChI=1S/C14H18F15N2O4S/c1-31(2,3-4-32)6-7(33)5-30-36(34,35)14(28,29)12(23,24)10(19,20)8(15,16)9(17,18)11(21,22)13(25,26)27/h7,30,32-33H,3-6H2,1-2H3/q+1. The molecule has 0 aliphatic carbocycles. The lowest BCUT2D eigenvalue weighted by Gasteiger charge is -2.41. The van der Waals surface area contributed by atoms with E-state index < -0.39 is 81.4 Å². The fourth-order valence-electron chi connectivity index (χ4n) is 2.41. The second-order valence-corrected chi connectivity index (χ2v) is 9.77. The number of aliphatic hydroxyl groups is 2. The van der Waals surface area contributed by atoms with Crippen LogP contribution in [0.25, 0.3) is 0 Å². The van der Waals surface area contributed by atoms with Crippen LogP contribution >= 0.6 is 0 Å². The molecule has 0 aliphatic heterocycles. The van der Waals surface area contributed by atoms with Crippen LogP contribution in [0.15, 0.2) is 0 Å². The lowest BCUT2D eigenvalue weighted by Crippen LogP contribution is -2.73. The van der Waals surface area contributed by atoms with Gasteiger partial charge in [-0.2, -0.15) is 65.9 Å². The van der Waals surface area contributed by atoms with Crippen molar-refractivity contribution in [2.45, 2.75) is 47.1 Å². The highest BCUT2D eigenvalue weighted by Crippen LogP contribution is 2.62. The highest BCUT2D eigenvalue weighted by molar-refractivity contribution is 7.90. The fourth-order valence-corrected chi connectivity index (χ4v) is 3.47. The average molecular weight is 595 g/mol. The van der Waals surface area contributed by atoms with Crippen LogP contribution in [0.2, 0.25) is 0 Å². The van der Waals surface area contributed by atoms with Gasteiger partial charge < -0.3 is 14.7 Å². The lowest BCUT2D eigenvalue weighted by atomic mass is 9.94. The number of hydrogen-bond acceptors (Lipinski definition) is 4. The van der Waals surface area contributed by atoms with Gasteiger partial charge in [0.2, 0.25) is 0 Å². The third kappa shape index (κ3) is 5.60. The van der Waals surface area contributed by atoms with E-state index >= 15 is 0 Å². The minimum atomic E-state index is -8.62. The maximum absolute atomic E-state index is 13.8. The van der Waals surface area contributed by atoms with Crippen LogP contribution in [0.1, 0.15) is 0 Å². The van der Waals surface area contributed by atoms with Crippen molar-refractivity contribution < 1.29 is 89.0 Å². The van der Waals surface area contributed by atoms with Crippen molar-refractivity contribution in [2.75, 3.05) is 40.3 Å². The minimum Gasteiger partial charge on any atom is -0.391 e. The first kappa shape index (κ1) is 34.7. The number of halogens is 15. The molecule has 6 nitrogen and oxygen atoms in total. The van der Waals surface area contributed by atoms with Crippen LogP contribution in [0.4, 0.5) is 65.9 Å². The summed E-state index contributed by atoms with van der Waals surface area (Å²) in [6.45, 7) is -3.07. The van der Waals surface area contributed by atoms with Crippen molar-refractivity contribution in [3.8, 4) is 0 Å². The number of sulfonamides is 1. The van der Waals surface area contributed by atoms with Gasteiger partial charge in [0.25, 0.3) is 10.0 Å². The summed E-state index contributed by atoms with van der Waals surface area (Å²) in [6.07, 6.45) is -9.89. The van der Waals surface area contributed by atoms with Crippen molar-refractivity contribution in [3.63, 3.8) is 0 Å². The Labute approximate surface area is 192 Å². The monoisotopic (exact) mass is 595 g/mol. The first-order valence-electron chi connectivity index (χ1n) is 8.85. The van der Waals surface area contributed by atoms with Gasteiger partial charge in [0.05, 0.1) is 20.7 Å². The van der Waals surface area contributed by atoms with Crippen LogP contribution in [-0.2, 0) is 10.0 Å². The van der Waals surface area contributed by atoms with Gasteiger partial charge in [0.15, 0.2) is 0 Å². The van der Waals surface area contributed by atoms with Crippen molar-refractivity contribution in [2.24, 2.45) is 0 Å². The number of nitrogens with zero attached hydrogens (tertiary/aromatic N) is 1. The van der Waals surface area contributed by atoms with E-state index in [4.69, 9.17) is 5.11 Å². The van der Waals surface area contributed by atoms with Gasteiger partial charge in [-0.05, 0) is 0 Å². The summed E-state index contributed by atoms with van der Waals surface area (Å²) in [5.41, 5.74) is 0. The molecule has 0 saturated carbocycles. The maximum Gasteiger partial charge on any atom is 0.460 e. The zero-order chi connectivity index (χ0) is 29.6. The molecular formula is C14H18F15N2O4S+. The summed E-state index contributed by atoms with van der Waals surface area (Å²) in [4.78, 5) is 0. The highest BCUT2D eigenvalue weighted by Gasteiger charge is 2.94. The van der Waals surface area contributed by atoms with E-state index in [1.165, 1.54) is 14.1 Å². The van der Waals surface area contributed by atoms with Crippen molar-refractivity contribution in [1.82, 2.24) is 4.72 Å². The summed E-state index contributed by atoms with van der Waals surface area (Å²) in [5, 5.41) is 10.8. The zero-order valence-electron chi connectivity index (χ0n) is 17.6. The molecule has 0 saturated heterocycles. The Morgan fingerprint density at radius 2 is 1.08 bits per heavy atom. The van der Waals surface area contributed by atoms with Gasteiger partial charge in [-0.3, -0.25) is 0 Å². The quantitative estimate of drug-likeness (QED) is 0.226. The van der Waals surface area contributed by atoms with Crippen LogP contribution in [0, 0.1) is 0 Å². The third-order valence-electron chi connectivity index (χ3n) is 4.56. The Kier molecular flexibility index (Phi) is 9.46. The Balaban J connectivity index is 6.30. The van der Waals surface area contributed by atoms with E-state index in [-0.39, 0.29) is 6.54 Å². The van der Waals surface area contributed by atoms with Crippen molar-refractivity contribution in [1.29, 1.82) is 0 Å². The number of alkyl halides is 15. The number of likely N-dealkylation sites (N-methyl/N-ethyl adjacent to an activating group) is 1. The molecule has 0 amide bonds. The summed E-state index contributed by atoms with van der Waals surface area (Å²) >= 11 is 0. The maximum atomic E-state index is 13.8. The van der Waals surface area contributed by atoms with Gasteiger partial charge in [0, 0.05) is 6.54 Å². The van der Waals surface area contributed by atoms with Crippen molar-refractivity contribution in [3.05, 3.63) is 0 Å². The molecule has 0 fully saturated rings. The van der Waals surface area contributed by atoms with E-state index in [0.29, 0.717) is 4.72 Å². The molecule has 0 bridgehead atoms. The fraction of sp³-hybridized carbons (Fsp3) is 1.00. The Bertz CT molecular complexity index is 874. The molecule has 36 heavy (non-hydrogen) atoms. The highest BCUT2D eigenvalue weighted by atomic mass is 32.2. The smallest absolute Gasteiger partial charge is 0.391 e. The van der Waals surface area contributed by atoms with E-state index in [1.54, 1.807) is 0 Å². The van der Waals surface area contributed by atoms with Gasteiger partial charge in [-0.1, -0.05) is 0 Å². The van der Waals surface area contributed by atoms with Crippen molar-refractivity contribution >= 4 is 10.0 Å². The van der Waals surface area contributed by atoms with Crippen LogP contribution in [-0.4, -0.2) is 111 Å². The van der Waals surface area contributed by atoms with Gasteiger partial charge in [-0.25, -0.2) is 13.1 Å². The Morgan fingerprint density at radius 1 is 0.722 bits per heavy atom. The first-order chi connectivity index (χ1) is 15.4. The molecule has 0 aliphatic rings. The van der Waals surface area contributed by atoms with Crippen LogP contribution in [0.3, 0.4) is 0 Å². The molecule has 0 aromatic rings. The van der Waals surface area contributed by atoms with Crippen LogP contribution < -0.4 is 4.72 Å². The number of quaternary nitrogens is 1. The summed E-state index contributed by atoms with van der Waals surface area (Å²) < 4.78 is 220. The van der Waals surface area contributed by atoms with E-state index in [2.05, 4.69) is 0 Å². The SMILES string of the molecule is C[N+](C)(CCO)CC(O)CNS(=O)(=O)C(F)(F)C(F)(F)C(F)(F)C(F)(F)C(F)(F)C(F)(F)C(F)(F)F. The second-order valence-electron chi connectivity index (χ2n) is 7.96. The number of aliphatic hydroxyl groups excluding tert-OH is 2. The zero-order valence-corrected chi connectivity index (χ0v) is 18.5. The number of hydrogen-bond donors (Lipinski definition) is 3. The Hall–Kier alpha value is -1.26. The molecule has 218 valence electrons. The van der Waals surface area contributed by atoms with E-state index in [1.807, 2.05) is 0 Å². The molecular weight excluding hydrogens is 577 g/mol. The summed E-state index contributed by atoms with van der Waals surface area (Å²) in [7, 11) is -4.86. The molecule has 0 aromatic heterocycles. The largest absolute Gasteiger partial charge is 0.460 e. The topological polar surface area (TPSA) is 86.6 Å². The third-order valence-corrected chi connectivity index (χ3v) is 6.03. The molecule has 0 aromatic carbocycles. The number of nitrogens with one attached hydrogen (secondary N) is 1. The summed E-state index contributed by atoms with van der Waals surface area (Å²) in [5.74, 6) is -42.1. The molecule has 22 heteroatoms. The molecule has 0 heterocycles. The number of rotatable bonds is 13. The van der Waals surface area contributed by atoms with E-state index in [9.17, 15) is 79.4 Å². The Morgan fingerprint density at radius 3 is 1.44 bits per heavy atom. The molecule has 0 rings (SSSR count). The minimum absolute atomic E-state index is 0.171. The van der Waals surface area contributed by atoms with Gasteiger partial charge in [0.1, 0.15) is 19.2 Å². The van der Waals surface area contributed by atoms with Gasteiger partial charge in [-0.15, -0.1) is 0 Å². The molecule has 1 unspecified atom stereocenters.